The first-order chi connectivity index (χ1) is 13.0. The molecule has 0 aliphatic carbocycles. The topological polar surface area (TPSA) is 103 Å². The maximum absolute atomic E-state index is 12.8. The van der Waals surface area contributed by atoms with Crippen LogP contribution in [0.1, 0.15) is 10.4 Å². The van der Waals surface area contributed by atoms with E-state index in [1.165, 1.54) is 12.1 Å². The average Bonchev–Trinajstić information content (AvgIpc) is 2.70. The summed E-state index contributed by atoms with van der Waals surface area (Å²) in [5, 5.41) is 0. The predicted octanol–water partition coefficient (Wildman–Crippen LogP) is 0.970. The van der Waals surface area contributed by atoms with E-state index >= 15 is 0 Å². The predicted molar refractivity (Wildman–Crippen MR) is 89.3 cm³/mol. The van der Waals surface area contributed by atoms with Crippen LogP contribution in [-0.2, 0) is 14.3 Å². The molecule has 1 heterocycles. The van der Waals surface area contributed by atoms with Crippen LogP contribution in [0, 0.1) is 5.82 Å². The zero-order chi connectivity index (χ0) is 19.2. The van der Waals surface area contributed by atoms with Gasteiger partial charge in [0.25, 0.3) is 11.8 Å². The molecule has 0 radical (unpaired) electrons. The molecule has 2 N–H and O–H groups in total. The van der Waals surface area contributed by atoms with Crippen molar-refractivity contribution in [2.75, 3.05) is 13.2 Å². The van der Waals surface area contributed by atoms with Crippen molar-refractivity contribution in [3.8, 4) is 11.5 Å². The fourth-order valence-electron chi connectivity index (χ4n) is 2.20. The van der Waals surface area contributed by atoms with Crippen molar-refractivity contribution in [3.63, 3.8) is 0 Å². The molecule has 1 aliphatic rings. The van der Waals surface area contributed by atoms with Gasteiger partial charge in [-0.1, -0.05) is 12.1 Å². The molecular formula is C18H15FN2O6. The number of esters is 1. The fraction of sp³-hybridized carbons (Fsp3) is 0.167. The summed E-state index contributed by atoms with van der Waals surface area (Å²) in [5.74, 6) is -1.74. The van der Waals surface area contributed by atoms with Gasteiger partial charge in [-0.2, -0.15) is 0 Å². The number of carbonyl (C=O) groups is 3. The molecular weight excluding hydrogens is 359 g/mol. The van der Waals surface area contributed by atoms with Crippen molar-refractivity contribution in [2.45, 2.75) is 6.10 Å². The molecule has 3 rings (SSSR count). The van der Waals surface area contributed by atoms with Gasteiger partial charge in [-0.05, 0) is 36.4 Å². The van der Waals surface area contributed by atoms with Crippen molar-refractivity contribution in [1.29, 1.82) is 0 Å². The molecule has 0 saturated carbocycles. The molecule has 0 fully saturated rings. The van der Waals surface area contributed by atoms with Gasteiger partial charge in [-0.15, -0.1) is 0 Å². The van der Waals surface area contributed by atoms with Crippen LogP contribution in [0.5, 0.6) is 11.5 Å². The summed E-state index contributed by atoms with van der Waals surface area (Å²) in [6.45, 7) is -0.664. The second-order valence-corrected chi connectivity index (χ2v) is 5.48. The lowest BCUT2D eigenvalue weighted by molar-refractivity contribution is -0.157. The minimum Gasteiger partial charge on any atom is -0.485 e. The highest BCUT2D eigenvalue weighted by Gasteiger charge is 2.29. The largest absolute Gasteiger partial charge is 0.485 e. The summed E-state index contributed by atoms with van der Waals surface area (Å²) >= 11 is 0. The Hall–Kier alpha value is -3.62. The summed E-state index contributed by atoms with van der Waals surface area (Å²) in [5.41, 5.74) is 4.37. The van der Waals surface area contributed by atoms with Crippen LogP contribution >= 0.6 is 0 Å². The Labute approximate surface area is 153 Å². The number of carbonyl (C=O) groups excluding carboxylic acids is 3. The molecule has 1 unspecified atom stereocenters. The minimum absolute atomic E-state index is 0.0429. The Bertz CT molecular complexity index is 855. The van der Waals surface area contributed by atoms with Crippen LogP contribution < -0.4 is 20.3 Å². The van der Waals surface area contributed by atoms with Crippen LogP contribution in [0.25, 0.3) is 0 Å². The molecule has 0 spiro atoms. The van der Waals surface area contributed by atoms with E-state index in [1.54, 1.807) is 24.3 Å². The number of halogens is 1. The minimum atomic E-state index is -0.999. The van der Waals surface area contributed by atoms with Gasteiger partial charge in [-0.25, -0.2) is 9.18 Å². The number of benzene rings is 2. The summed E-state index contributed by atoms with van der Waals surface area (Å²) in [4.78, 5) is 35.4. The number of fused-ring (bicyclic) bond motifs is 1. The maximum Gasteiger partial charge on any atom is 0.351 e. The molecule has 1 atom stereocenters. The monoisotopic (exact) mass is 374 g/mol. The fourth-order valence-corrected chi connectivity index (χ4v) is 2.20. The number of hydrogen-bond donors (Lipinski definition) is 2. The zero-order valence-electron chi connectivity index (χ0n) is 13.9. The molecule has 2 aromatic rings. The lowest BCUT2D eigenvalue weighted by atomic mass is 10.2. The third kappa shape index (κ3) is 4.72. The van der Waals surface area contributed by atoms with E-state index in [2.05, 4.69) is 10.9 Å². The van der Waals surface area contributed by atoms with Gasteiger partial charge in [0.05, 0.1) is 0 Å². The third-order valence-corrected chi connectivity index (χ3v) is 3.54. The molecule has 8 nitrogen and oxygen atoms in total. The number of nitrogens with one attached hydrogen (secondary N) is 2. The molecule has 1 aliphatic heterocycles. The van der Waals surface area contributed by atoms with E-state index in [1.807, 2.05) is 0 Å². The van der Waals surface area contributed by atoms with E-state index in [0.29, 0.717) is 11.5 Å². The highest BCUT2D eigenvalue weighted by atomic mass is 19.1. The second kappa shape index (κ2) is 8.17. The van der Waals surface area contributed by atoms with E-state index in [-0.39, 0.29) is 12.2 Å². The lowest BCUT2D eigenvalue weighted by Crippen LogP contribution is -2.45. The molecule has 2 amide bonds. The van der Waals surface area contributed by atoms with Crippen LogP contribution in [-0.4, -0.2) is 37.1 Å². The Morgan fingerprint density at radius 1 is 1.04 bits per heavy atom. The van der Waals surface area contributed by atoms with E-state index < -0.39 is 36.3 Å². The normalized spacial score (nSPS) is 14.8. The number of hydrazine groups is 1. The standard InChI is InChI=1S/C18H15FN2O6/c19-12-7-5-11(6-8-12)17(23)21-20-16(22)10-26-18(24)15-9-25-13-3-1-2-4-14(13)27-15/h1-8,15H,9-10H2,(H,20,22)(H,21,23). The van der Waals surface area contributed by atoms with Gasteiger partial charge in [-0.3, -0.25) is 20.4 Å². The Balaban J connectivity index is 1.42. The summed E-state index contributed by atoms with van der Waals surface area (Å²) < 4.78 is 28.5. The Morgan fingerprint density at radius 3 is 2.48 bits per heavy atom. The Kier molecular flexibility index (Phi) is 5.50. The van der Waals surface area contributed by atoms with Gasteiger partial charge >= 0.3 is 5.97 Å². The van der Waals surface area contributed by atoms with Crippen LogP contribution in [0.15, 0.2) is 48.5 Å². The van der Waals surface area contributed by atoms with Crippen LogP contribution in [0.3, 0.4) is 0 Å². The number of rotatable bonds is 4. The maximum atomic E-state index is 12.8. The van der Waals surface area contributed by atoms with Crippen molar-refractivity contribution in [2.24, 2.45) is 0 Å². The Morgan fingerprint density at radius 2 is 1.74 bits per heavy atom. The first kappa shape index (κ1) is 18.2. The van der Waals surface area contributed by atoms with E-state index in [0.717, 1.165) is 12.1 Å². The lowest BCUT2D eigenvalue weighted by Gasteiger charge is -2.24. The number of ether oxygens (including phenoxy) is 3. The molecule has 140 valence electrons. The summed E-state index contributed by atoms with van der Waals surface area (Å²) in [7, 11) is 0. The van der Waals surface area contributed by atoms with Crippen molar-refractivity contribution >= 4 is 17.8 Å². The average molecular weight is 374 g/mol. The molecule has 9 heteroatoms. The second-order valence-electron chi connectivity index (χ2n) is 5.48. The zero-order valence-corrected chi connectivity index (χ0v) is 13.9. The van der Waals surface area contributed by atoms with Gasteiger partial charge in [0, 0.05) is 5.56 Å². The van der Waals surface area contributed by atoms with Gasteiger partial charge in [0.15, 0.2) is 18.1 Å². The SMILES string of the molecule is O=C(COC(=O)C1COc2ccccc2O1)NNC(=O)c1ccc(F)cc1. The van der Waals surface area contributed by atoms with Gasteiger partial charge < -0.3 is 14.2 Å². The highest BCUT2D eigenvalue weighted by molar-refractivity contribution is 5.95. The number of amides is 2. The molecule has 0 aromatic heterocycles. The highest BCUT2D eigenvalue weighted by Crippen LogP contribution is 2.31. The number of hydrogen-bond acceptors (Lipinski definition) is 6. The van der Waals surface area contributed by atoms with Gasteiger partial charge in [0.1, 0.15) is 12.4 Å². The van der Waals surface area contributed by atoms with E-state index in [4.69, 9.17) is 14.2 Å². The quantitative estimate of drug-likeness (QED) is 0.611. The third-order valence-electron chi connectivity index (χ3n) is 3.54. The van der Waals surface area contributed by atoms with Gasteiger partial charge in [0.2, 0.25) is 6.10 Å². The smallest absolute Gasteiger partial charge is 0.351 e. The van der Waals surface area contributed by atoms with Crippen molar-refractivity contribution in [1.82, 2.24) is 10.9 Å². The van der Waals surface area contributed by atoms with Crippen molar-refractivity contribution in [3.05, 3.63) is 59.9 Å². The first-order valence-electron chi connectivity index (χ1n) is 7.93. The first-order valence-corrected chi connectivity index (χ1v) is 7.93. The van der Waals surface area contributed by atoms with Crippen LogP contribution in [0.4, 0.5) is 4.39 Å². The van der Waals surface area contributed by atoms with Crippen molar-refractivity contribution < 1.29 is 33.0 Å². The molecule has 0 saturated heterocycles. The summed E-state index contributed by atoms with van der Waals surface area (Å²) in [6.07, 6.45) is -0.999. The number of para-hydroxylation sites is 2. The molecule has 2 aromatic carbocycles. The van der Waals surface area contributed by atoms with Crippen LogP contribution in [0.2, 0.25) is 0 Å². The van der Waals surface area contributed by atoms with E-state index in [9.17, 15) is 18.8 Å². The molecule has 27 heavy (non-hydrogen) atoms. The summed E-state index contributed by atoms with van der Waals surface area (Å²) in [6, 6.07) is 11.6. The molecule has 0 bridgehead atoms.